The van der Waals surface area contributed by atoms with Crippen LogP contribution in [-0.2, 0) is 11.2 Å². The Morgan fingerprint density at radius 3 is 2.64 bits per heavy atom. The van der Waals surface area contributed by atoms with Crippen LogP contribution in [0.2, 0.25) is 0 Å². The van der Waals surface area contributed by atoms with E-state index in [1.54, 1.807) is 12.1 Å². The first-order valence-electron chi connectivity index (χ1n) is 7.85. The van der Waals surface area contributed by atoms with E-state index < -0.39 is 0 Å². The van der Waals surface area contributed by atoms with Gasteiger partial charge in [0.25, 0.3) is 0 Å². The molecule has 0 saturated heterocycles. The molecule has 0 bridgehead atoms. The fourth-order valence-electron chi connectivity index (χ4n) is 3.64. The zero-order chi connectivity index (χ0) is 15.3. The highest BCUT2D eigenvalue weighted by Crippen LogP contribution is 2.50. The van der Waals surface area contributed by atoms with E-state index in [2.05, 4.69) is 19.1 Å². The molecular weight excluding hydrogens is 274 g/mol. The summed E-state index contributed by atoms with van der Waals surface area (Å²) in [7, 11) is 0. The van der Waals surface area contributed by atoms with Crippen LogP contribution in [0.5, 0.6) is 5.75 Å². The highest BCUT2D eigenvalue weighted by Gasteiger charge is 2.48. The Kier molecular flexibility index (Phi) is 2.96. The van der Waals surface area contributed by atoms with Gasteiger partial charge >= 0.3 is 0 Å². The molecule has 3 nitrogen and oxygen atoms in total. The predicted octanol–water partition coefficient (Wildman–Crippen LogP) is 3.47. The Bertz CT molecular complexity index is 722. The first-order chi connectivity index (χ1) is 10.6. The van der Waals surface area contributed by atoms with Crippen molar-refractivity contribution >= 4 is 11.6 Å². The Hall–Kier alpha value is -2.29. The second-order valence-electron chi connectivity index (χ2n) is 6.43. The molecule has 112 valence electrons. The summed E-state index contributed by atoms with van der Waals surface area (Å²) in [6.45, 7) is 2.12. The van der Waals surface area contributed by atoms with Crippen molar-refractivity contribution in [2.75, 3.05) is 4.90 Å². The van der Waals surface area contributed by atoms with Crippen LogP contribution in [0, 0.1) is 5.92 Å². The molecule has 2 aliphatic rings. The molecule has 1 aliphatic heterocycles. The number of amides is 1. The summed E-state index contributed by atoms with van der Waals surface area (Å²) >= 11 is 0. The van der Waals surface area contributed by atoms with Crippen molar-refractivity contribution in [2.24, 2.45) is 5.92 Å². The zero-order valence-corrected chi connectivity index (χ0v) is 12.6. The third-order valence-electron chi connectivity index (χ3n) is 4.87. The SMILES string of the molecule is CC1Cc2ccccc2N1C(=O)C1CC1c1ccc(O)cc1. The van der Waals surface area contributed by atoms with E-state index in [0.717, 1.165) is 24.1 Å². The highest BCUT2D eigenvalue weighted by atomic mass is 16.3. The maximum atomic E-state index is 12.9. The minimum absolute atomic E-state index is 0.0816. The quantitative estimate of drug-likeness (QED) is 0.921. The van der Waals surface area contributed by atoms with E-state index in [1.165, 1.54) is 5.56 Å². The summed E-state index contributed by atoms with van der Waals surface area (Å²) in [4.78, 5) is 14.9. The molecule has 1 heterocycles. The van der Waals surface area contributed by atoms with Crippen molar-refractivity contribution in [3.8, 4) is 5.75 Å². The van der Waals surface area contributed by atoms with Gasteiger partial charge in [0.15, 0.2) is 0 Å². The molecule has 1 aliphatic carbocycles. The molecule has 1 N–H and O–H groups in total. The van der Waals surface area contributed by atoms with Crippen molar-refractivity contribution in [2.45, 2.75) is 31.7 Å². The van der Waals surface area contributed by atoms with Gasteiger partial charge in [0.2, 0.25) is 5.91 Å². The molecule has 0 spiro atoms. The van der Waals surface area contributed by atoms with Crippen LogP contribution in [-0.4, -0.2) is 17.1 Å². The van der Waals surface area contributed by atoms with E-state index in [4.69, 9.17) is 0 Å². The van der Waals surface area contributed by atoms with Crippen LogP contribution in [0.15, 0.2) is 48.5 Å². The van der Waals surface area contributed by atoms with Crippen molar-refractivity contribution in [1.29, 1.82) is 0 Å². The van der Waals surface area contributed by atoms with Crippen molar-refractivity contribution in [3.63, 3.8) is 0 Å². The molecule has 0 radical (unpaired) electrons. The number of hydrogen-bond acceptors (Lipinski definition) is 2. The van der Waals surface area contributed by atoms with Gasteiger partial charge in [0, 0.05) is 17.6 Å². The van der Waals surface area contributed by atoms with Gasteiger partial charge in [-0.15, -0.1) is 0 Å². The van der Waals surface area contributed by atoms with E-state index in [0.29, 0.717) is 5.92 Å². The van der Waals surface area contributed by atoms with Crippen LogP contribution < -0.4 is 4.90 Å². The molecule has 1 fully saturated rings. The van der Waals surface area contributed by atoms with Crippen LogP contribution in [0.1, 0.15) is 30.4 Å². The number of carbonyl (C=O) groups excluding carboxylic acids is 1. The summed E-state index contributed by atoms with van der Waals surface area (Å²) < 4.78 is 0. The average Bonchev–Trinajstić information content (AvgIpc) is 3.23. The molecule has 22 heavy (non-hydrogen) atoms. The summed E-state index contributed by atoms with van der Waals surface area (Å²) in [5, 5.41) is 9.38. The molecule has 3 unspecified atom stereocenters. The number of nitrogens with zero attached hydrogens (tertiary/aromatic N) is 1. The van der Waals surface area contributed by atoms with Crippen LogP contribution in [0.25, 0.3) is 0 Å². The maximum absolute atomic E-state index is 12.9. The molecular formula is C19H19NO2. The van der Waals surface area contributed by atoms with Gasteiger partial charge < -0.3 is 10.0 Å². The molecule has 2 aromatic rings. The minimum atomic E-state index is 0.0816. The first-order valence-corrected chi connectivity index (χ1v) is 7.85. The maximum Gasteiger partial charge on any atom is 0.231 e. The number of aromatic hydroxyl groups is 1. The van der Waals surface area contributed by atoms with Gasteiger partial charge in [0.05, 0.1) is 0 Å². The fraction of sp³-hybridized carbons (Fsp3) is 0.316. The van der Waals surface area contributed by atoms with Gasteiger partial charge in [0.1, 0.15) is 5.75 Å². The number of phenolic OH excluding ortho intramolecular Hbond substituents is 1. The van der Waals surface area contributed by atoms with Crippen molar-refractivity contribution < 1.29 is 9.90 Å². The number of carbonyl (C=O) groups is 1. The summed E-state index contributed by atoms with van der Waals surface area (Å²) in [6, 6.07) is 15.7. The lowest BCUT2D eigenvalue weighted by atomic mass is 10.1. The molecule has 1 amide bonds. The average molecular weight is 293 g/mol. The molecule has 1 saturated carbocycles. The number of anilines is 1. The van der Waals surface area contributed by atoms with Crippen LogP contribution in [0.3, 0.4) is 0 Å². The standard InChI is InChI=1S/C19H19NO2/c1-12-10-14-4-2-3-5-18(14)20(12)19(22)17-11-16(17)13-6-8-15(21)9-7-13/h2-9,12,16-17,21H,10-11H2,1H3. The molecule has 3 heteroatoms. The van der Waals surface area contributed by atoms with E-state index in [9.17, 15) is 9.90 Å². The number of hydrogen-bond donors (Lipinski definition) is 1. The lowest BCUT2D eigenvalue weighted by Crippen LogP contribution is -2.37. The molecule has 3 atom stereocenters. The Balaban J connectivity index is 1.55. The normalized spacial score (nSPS) is 25.9. The lowest BCUT2D eigenvalue weighted by molar-refractivity contribution is -0.120. The first kappa shape index (κ1) is 13.4. The number of rotatable bonds is 2. The monoisotopic (exact) mass is 293 g/mol. The topological polar surface area (TPSA) is 40.5 Å². The molecule has 0 aromatic heterocycles. The zero-order valence-electron chi connectivity index (χ0n) is 12.6. The lowest BCUT2D eigenvalue weighted by Gasteiger charge is -2.23. The van der Waals surface area contributed by atoms with E-state index in [-0.39, 0.29) is 23.6 Å². The van der Waals surface area contributed by atoms with Crippen LogP contribution >= 0.6 is 0 Å². The van der Waals surface area contributed by atoms with Crippen molar-refractivity contribution in [1.82, 2.24) is 0 Å². The van der Waals surface area contributed by atoms with E-state index in [1.807, 2.05) is 29.2 Å². The van der Waals surface area contributed by atoms with Crippen molar-refractivity contribution in [3.05, 3.63) is 59.7 Å². The predicted molar refractivity (Wildman–Crippen MR) is 86.0 cm³/mol. The number of para-hydroxylation sites is 1. The smallest absolute Gasteiger partial charge is 0.231 e. The minimum Gasteiger partial charge on any atom is -0.508 e. The second-order valence-corrected chi connectivity index (χ2v) is 6.43. The summed E-state index contributed by atoms with van der Waals surface area (Å²) in [5.74, 6) is 0.899. The fourth-order valence-corrected chi connectivity index (χ4v) is 3.64. The van der Waals surface area contributed by atoms with Gasteiger partial charge in [-0.25, -0.2) is 0 Å². The number of benzene rings is 2. The largest absolute Gasteiger partial charge is 0.508 e. The van der Waals surface area contributed by atoms with Gasteiger partial charge in [-0.3, -0.25) is 4.79 Å². The third kappa shape index (κ3) is 2.08. The van der Waals surface area contributed by atoms with Gasteiger partial charge in [-0.05, 0) is 55.0 Å². The Labute approximate surface area is 130 Å². The van der Waals surface area contributed by atoms with E-state index >= 15 is 0 Å². The summed E-state index contributed by atoms with van der Waals surface area (Å²) in [6.07, 6.45) is 1.85. The Morgan fingerprint density at radius 2 is 1.86 bits per heavy atom. The number of phenols is 1. The highest BCUT2D eigenvalue weighted by molar-refractivity contribution is 5.99. The van der Waals surface area contributed by atoms with Crippen LogP contribution in [0.4, 0.5) is 5.69 Å². The molecule has 4 rings (SSSR count). The molecule has 2 aromatic carbocycles. The number of fused-ring (bicyclic) bond motifs is 1. The summed E-state index contributed by atoms with van der Waals surface area (Å²) in [5.41, 5.74) is 3.50. The second kappa shape index (κ2) is 4.87. The Morgan fingerprint density at radius 1 is 1.14 bits per heavy atom. The van der Waals surface area contributed by atoms with Gasteiger partial charge in [-0.1, -0.05) is 30.3 Å². The van der Waals surface area contributed by atoms with Gasteiger partial charge in [-0.2, -0.15) is 0 Å². The third-order valence-corrected chi connectivity index (χ3v) is 4.87.